The number of nitrogens with one attached hydrogen (secondary N) is 1. The molecule has 0 aliphatic carbocycles. The molecule has 0 amide bonds. The number of halogens is 2. The van der Waals surface area contributed by atoms with Crippen LogP contribution in [0, 0.1) is 5.41 Å². The van der Waals surface area contributed by atoms with E-state index in [2.05, 4.69) is 26.0 Å². The van der Waals surface area contributed by atoms with E-state index >= 15 is 0 Å². The molecule has 0 bridgehead atoms. The van der Waals surface area contributed by atoms with E-state index in [4.69, 9.17) is 17.0 Å². The third-order valence-corrected chi connectivity index (χ3v) is 4.44. The number of nitrogens with zero attached hydrogens (tertiary/aromatic N) is 2. The number of benzene rings is 2. The van der Waals surface area contributed by atoms with Crippen LogP contribution in [0.4, 0.5) is 11.4 Å². The molecule has 3 nitrogen and oxygen atoms in total. The van der Waals surface area contributed by atoms with Gasteiger partial charge in [-0.25, -0.2) is 0 Å². The van der Waals surface area contributed by atoms with Crippen LogP contribution in [0.25, 0.3) is 0 Å². The fourth-order valence-corrected chi connectivity index (χ4v) is 2.73. The maximum atomic E-state index is 8.52. The molecular weight excluding hydrogens is 341 g/mol. The monoisotopic (exact) mass is 365 g/mol. The van der Waals surface area contributed by atoms with Crippen molar-refractivity contribution in [3.05, 3.63) is 58.6 Å². The van der Waals surface area contributed by atoms with Gasteiger partial charge in [0.2, 0.25) is 5.96 Å². The summed E-state index contributed by atoms with van der Waals surface area (Å²) in [5.41, 5.74) is 4.33. The zero-order valence-corrected chi connectivity index (χ0v) is 16.2. The number of aryl methyl sites for hydroxylation is 2. The second-order valence-corrected chi connectivity index (χ2v) is 6.01. The average Bonchev–Trinajstić information content (AvgIpc) is 2.60. The Bertz CT molecular complexity index is 701. The number of hydrogen-bond donors (Lipinski definition) is 1. The number of guanidine groups is 1. The molecule has 2 aromatic rings. The van der Waals surface area contributed by atoms with Crippen LogP contribution in [0.3, 0.4) is 0 Å². The lowest BCUT2D eigenvalue weighted by Crippen LogP contribution is -2.39. The molecule has 0 aromatic heterocycles. The van der Waals surface area contributed by atoms with Crippen LogP contribution in [0.5, 0.6) is 0 Å². The lowest BCUT2D eigenvalue weighted by atomic mass is 10.1. The van der Waals surface area contributed by atoms with E-state index < -0.39 is 0 Å². The highest BCUT2D eigenvalue weighted by atomic mass is 35.5. The summed E-state index contributed by atoms with van der Waals surface area (Å²) >= 11 is 6.33. The van der Waals surface area contributed by atoms with Crippen molar-refractivity contribution in [2.24, 2.45) is 0 Å². The minimum atomic E-state index is 0. The van der Waals surface area contributed by atoms with E-state index in [1.807, 2.05) is 54.2 Å². The molecule has 0 heterocycles. The van der Waals surface area contributed by atoms with Crippen LogP contribution in [-0.2, 0) is 12.8 Å². The first-order chi connectivity index (χ1) is 11.0. The molecule has 0 atom stereocenters. The summed E-state index contributed by atoms with van der Waals surface area (Å²) in [4.78, 5) is 3.69. The molecule has 0 aliphatic heterocycles. The normalized spacial score (nSPS) is 10.0. The summed E-state index contributed by atoms with van der Waals surface area (Å²) in [6.07, 6.45) is 1.93. The summed E-state index contributed by atoms with van der Waals surface area (Å²) < 4.78 is 0. The van der Waals surface area contributed by atoms with E-state index in [0.717, 1.165) is 24.2 Å². The Labute approximate surface area is 156 Å². The highest BCUT2D eigenvalue weighted by Crippen LogP contribution is 2.28. The molecule has 2 rings (SSSR count). The van der Waals surface area contributed by atoms with Gasteiger partial charge in [0.15, 0.2) is 0 Å². The van der Waals surface area contributed by atoms with Crippen LogP contribution in [-0.4, -0.2) is 20.1 Å². The summed E-state index contributed by atoms with van der Waals surface area (Å²) in [6.45, 7) is 4.24. The molecule has 0 aliphatic rings. The van der Waals surface area contributed by atoms with Gasteiger partial charge in [0.05, 0.1) is 10.7 Å². The van der Waals surface area contributed by atoms with Crippen LogP contribution < -0.4 is 9.80 Å². The van der Waals surface area contributed by atoms with Crippen molar-refractivity contribution in [2.45, 2.75) is 26.7 Å². The Morgan fingerprint density at radius 3 is 2.21 bits per heavy atom. The molecule has 0 unspecified atom stereocenters. The smallest absolute Gasteiger partial charge is 0.202 e. The van der Waals surface area contributed by atoms with Crippen molar-refractivity contribution >= 4 is 41.3 Å². The zero-order valence-electron chi connectivity index (χ0n) is 14.6. The molecule has 0 radical (unpaired) electrons. The maximum Gasteiger partial charge on any atom is 0.202 e. The Morgan fingerprint density at radius 1 is 0.958 bits per heavy atom. The van der Waals surface area contributed by atoms with Crippen molar-refractivity contribution in [3.8, 4) is 0 Å². The quantitative estimate of drug-likeness (QED) is 0.581. The first kappa shape index (κ1) is 20.3. The van der Waals surface area contributed by atoms with Crippen LogP contribution in [0.1, 0.15) is 25.0 Å². The Morgan fingerprint density at radius 2 is 1.58 bits per heavy atom. The molecule has 1 N–H and O–H groups in total. The molecule has 0 spiro atoms. The molecule has 0 saturated carbocycles. The van der Waals surface area contributed by atoms with E-state index in [0.29, 0.717) is 11.0 Å². The van der Waals surface area contributed by atoms with Gasteiger partial charge in [0.25, 0.3) is 0 Å². The summed E-state index contributed by atoms with van der Waals surface area (Å²) in [7, 11) is 3.79. The fourth-order valence-electron chi connectivity index (χ4n) is 2.48. The lowest BCUT2D eigenvalue weighted by molar-refractivity contribution is 1.09. The van der Waals surface area contributed by atoms with Gasteiger partial charge in [-0.05, 0) is 48.2 Å². The topological polar surface area (TPSA) is 30.3 Å². The predicted molar refractivity (Wildman–Crippen MR) is 108 cm³/mol. The third kappa shape index (κ3) is 4.43. The summed E-state index contributed by atoms with van der Waals surface area (Å²) in [5.74, 6) is 0.383. The first-order valence-electron chi connectivity index (χ1n) is 7.91. The standard InChI is InChI=1S/C19H24ClN3.ClH/c1-5-14-8-7-9-16(12-14)22(3)19(21)23(4)18-13-15(6-2)10-11-17(18)20;/h7-13,21H,5-6H2,1-4H3;1H. The van der Waals surface area contributed by atoms with Gasteiger partial charge in [-0.1, -0.05) is 43.6 Å². The average molecular weight is 366 g/mol. The van der Waals surface area contributed by atoms with Crippen molar-refractivity contribution in [3.63, 3.8) is 0 Å². The van der Waals surface area contributed by atoms with Crippen LogP contribution >= 0.6 is 24.0 Å². The van der Waals surface area contributed by atoms with Gasteiger partial charge >= 0.3 is 0 Å². The second-order valence-electron chi connectivity index (χ2n) is 5.60. The predicted octanol–water partition coefficient (Wildman–Crippen LogP) is 5.39. The molecular formula is C19H25Cl2N3. The molecule has 2 aromatic carbocycles. The Hall–Kier alpha value is -1.71. The minimum Gasteiger partial charge on any atom is -0.316 e. The first-order valence-corrected chi connectivity index (χ1v) is 8.29. The van der Waals surface area contributed by atoms with E-state index in [-0.39, 0.29) is 12.4 Å². The van der Waals surface area contributed by atoms with Crippen molar-refractivity contribution in [1.29, 1.82) is 5.41 Å². The Kier molecular flexibility index (Phi) is 7.59. The summed E-state index contributed by atoms with van der Waals surface area (Å²) in [5, 5.41) is 9.18. The Balaban J connectivity index is 0.00000288. The number of anilines is 2. The highest BCUT2D eigenvalue weighted by Gasteiger charge is 2.16. The largest absolute Gasteiger partial charge is 0.316 e. The minimum absolute atomic E-state index is 0. The van der Waals surface area contributed by atoms with Crippen molar-refractivity contribution < 1.29 is 0 Å². The molecule has 0 fully saturated rings. The van der Waals surface area contributed by atoms with E-state index in [1.54, 1.807) is 0 Å². The van der Waals surface area contributed by atoms with Gasteiger partial charge in [0.1, 0.15) is 0 Å². The van der Waals surface area contributed by atoms with Gasteiger partial charge in [0, 0.05) is 19.8 Å². The lowest BCUT2D eigenvalue weighted by Gasteiger charge is -2.29. The van der Waals surface area contributed by atoms with Gasteiger partial charge < -0.3 is 9.80 Å². The van der Waals surface area contributed by atoms with Gasteiger partial charge in [-0.2, -0.15) is 0 Å². The van der Waals surface area contributed by atoms with Gasteiger partial charge in [-0.15, -0.1) is 12.4 Å². The van der Waals surface area contributed by atoms with E-state index in [1.165, 1.54) is 11.1 Å². The highest BCUT2D eigenvalue weighted by molar-refractivity contribution is 6.34. The fraction of sp³-hybridized carbons (Fsp3) is 0.316. The number of rotatable bonds is 4. The zero-order chi connectivity index (χ0) is 17.0. The van der Waals surface area contributed by atoms with Crippen LogP contribution in [0.15, 0.2) is 42.5 Å². The van der Waals surface area contributed by atoms with E-state index in [9.17, 15) is 0 Å². The molecule has 5 heteroatoms. The molecule has 130 valence electrons. The van der Waals surface area contributed by atoms with Crippen LogP contribution in [0.2, 0.25) is 5.02 Å². The molecule has 0 saturated heterocycles. The number of hydrogen-bond acceptors (Lipinski definition) is 1. The van der Waals surface area contributed by atoms with Crippen molar-refractivity contribution in [1.82, 2.24) is 0 Å². The molecule has 24 heavy (non-hydrogen) atoms. The van der Waals surface area contributed by atoms with Crippen molar-refractivity contribution in [2.75, 3.05) is 23.9 Å². The third-order valence-electron chi connectivity index (χ3n) is 4.12. The maximum absolute atomic E-state index is 8.52. The second kappa shape index (κ2) is 8.95. The SMILES string of the molecule is CCc1cccc(N(C)C(=N)N(C)c2cc(CC)ccc2Cl)c1.Cl. The van der Waals surface area contributed by atoms with Gasteiger partial charge in [-0.3, -0.25) is 5.41 Å². The summed E-state index contributed by atoms with van der Waals surface area (Å²) in [6, 6.07) is 14.2.